The Bertz CT molecular complexity index is 211. The smallest absolute Gasteiger partial charge is 0.318 e. The molecule has 1 saturated carbocycles. The van der Waals surface area contributed by atoms with Gasteiger partial charge < -0.3 is 10.2 Å². The van der Waals surface area contributed by atoms with Gasteiger partial charge >= 0.3 is 6.03 Å². The van der Waals surface area contributed by atoms with Crippen LogP contribution in [0.15, 0.2) is 25.3 Å². The molecular weight excluding hydrogens is 176 g/mol. The molecule has 0 atom stereocenters. The largest absolute Gasteiger partial charge is 0.335 e. The zero-order valence-corrected chi connectivity index (χ0v) is 8.54. The number of carbonyl (C=O) groups excluding carboxylic acids is 1. The molecule has 3 nitrogen and oxygen atoms in total. The number of amides is 2. The third-order valence-electron chi connectivity index (χ3n) is 2.42. The number of urea groups is 1. The Kier molecular flexibility index (Phi) is 4.23. The molecule has 1 rings (SSSR count). The summed E-state index contributed by atoms with van der Waals surface area (Å²) in [7, 11) is 0. The van der Waals surface area contributed by atoms with Crippen molar-refractivity contribution in [3.05, 3.63) is 25.3 Å². The summed E-state index contributed by atoms with van der Waals surface area (Å²) in [5.41, 5.74) is 0. The monoisotopic (exact) mass is 194 g/mol. The average molecular weight is 194 g/mol. The second-order valence-corrected chi connectivity index (χ2v) is 3.56. The highest BCUT2D eigenvalue weighted by molar-refractivity contribution is 5.75. The first-order valence-corrected chi connectivity index (χ1v) is 5.05. The van der Waals surface area contributed by atoms with Crippen molar-refractivity contribution >= 4 is 6.03 Å². The number of carbonyl (C=O) groups is 1. The van der Waals surface area contributed by atoms with Gasteiger partial charge in [0, 0.05) is 19.1 Å². The fourth-order valence-corrected chi connectivity index (χ4v) is 1.37. The van der Waals surface area contributed by atoms with Crippen LogP contribution in [0.2, 0.25) is 0 Å². The van der Waals surface area contributed by atoms with Gasteiger partial charge in [0.05, 0.1) is 0 Å². The van der Waals surface area contributed by atoms with E-state index in [0.717, 1.165) is 12.8 Å². The number of nitrogens with zero attached hydrogens (tertiary/aromatic N) is 1. The Morgan fingerprint density at radius 1 is 1.36 bits per heavy atom. The van der Waals surface area contributed by atoms with E-state index in [4.69, 9.17) is 0 Å². The van der Waals surface area contributed by atoms with Gasteiger partial charge in [-0.15, -0.1) is 13.2 Å². The van der Waals surface area contributed by atoms with Crippen LogP contribution >= 0.6 is 0 Å². The molecule has 0 heterocycles. The zero-order chi connectivity index (χ0) is 10.4. The fraction of sp³-hybridized carbons (Fsp3) is 0.545. The van der Waals surface area contributed by atoms with Gasteiger partial charge in [-0.2, -0.15) is 0 Å². The van der Waals surface area contributed by atoms with E-state index >= 15 is 0 Å². The molecule has 1 N–H and O–H groups in total. The molecule has 3 heteroatoms. The molecular formula is C11H18N2O. The fourth-order valence-electron chi connectivity index (χ4n) is 1.37. The van der Waals surface area contributed by atoms with Gasteiger partial charge in [0.2, 0.25) is 0 Å². The third-order valence-corrected chi connectivity index (χ3v) is 2.42. The molecule has 0 aromatic heterocycles. The van der Waals surface area contributed by atoms with Crippen molar-refractivity contribution in [1.82, 2.24) is 10.2 Å². The van der Waals surface area contributed by atoms with Crippen molar-refractivity contribution in [3.63, 3.8) is 0 Å². The zero-order valence-electron chi connectivity index (χ0n) is 8.54. The van der Waals surface area contributed by atoms with Gasteiger partial charge in [-0.05, 0) is 19.3 Å². The molecule has 0 saturated heterocycles. The van der Waals surface area contributed by atoms with Crippen LogP contribution < -0.4 is 5.32 Å². The molecule has 0 bridgehead atoms. The predicted molar refractivity (Wildman–Crippen MR) is 58.1 cm³/mol. The number of hydrogen-bond donors (Lipinski definition) is 1. The van der Waals surface area contributed by atoms with E-state index in [1.165, 1.54) is 6.42 Å². The van der Waals surface area contributed by atoms with E-state index in [2.05, 4.69) is 18.5 Å². The second kappa shape index (κ2) is 5.47. The van der Waals surface area contributed by atoms with Crippen LogP contribution in [-0.4, -0.2) is 30.1 Å². The van der Waals surface area contributed by atoms with E-state index in [0.29, 0.717) is 19.1 Å². The highest BCUT2D eigenvalue weighted by Gasteiger charge is 2.21. The highest BCUT2D eigenvalue weighted by Crippen LogP contribution is 2.18. The lowest BCUT2D eigenvalue weighted by Gasteiger charge is -2.29. The predicted octanol–water partition coefficient (Wildman–Crippen LogP) is 1.92. The van der Waals surface area contributed by atoms with Crippen molar-refractivity contribution in [3.8, 4) is 0 Å². The van der Waals surface area contributed by atoms with Crippen LogP contribution in [0.3, 0.4) is 0 Å². The van der Waals surface area contributed by atoms with Crippen LogP contribution in [-0.2, 0) is 0 Å². The SMILES string of the molecule is C=CCN(CC=C)C(=O)NC1CCC1. The average Bonchev–Trinajstić information content (AvgIpc) is 2.11. The van der Waals surface area contributed by atoms with Crippen molar-refractivity contribution in [2.75, 3.05) is 13.1 Å². The minimum absolute atomic E-state index is 0.00509. The summed E-state index contributed by atoms with van der Waals surface area (Å²) in [5, 5.41) is 2.98. The van der Waals surface area contributed by atoms with Crippen LogP contribution in [0.5, 0.6) is 0 Å². The molecule has 2 amide bonds. The number of nitrogens with one attached hydrogen (secondary N) is 1. The molecule has 1 aliphatic rings. The topological polar surface area (TPSA) is 32.3 Å². The van der Waals surface area contributed by atoms with Gasteiger partial charge in [-0.3, -0.25) is 0 Å². The Morgan fingerprint density at radius 3 is 2.29 bits per heavy atom. The van der Waals surface area contributed by atoms with Gasteiger partial charge in [-0.25, -0.2) is 4.79 Å². The van der Waals surface area contributed by atoms with Crippen molar-refractivity contribution in [1.29, 1.82) is 0 Å². The van der Waals surface area contributed by atoms with Gasteiger partial charge in [0.25, 0.3) is 0 Å². The lowest BCUT2D eigenvalue weighted by Crippen LogP contribution is -2.47. The van der Waals surface area contributed by atoms with Crippen LogP contribution in [0.1, 0.15) is 19.3 Å². The molecule has 0 aliphatic heterocycles. The summed E-state index contributed by atoms with van der Waals surface area (Å²) >= 11 is 0. The summed E-state index contributed by atoms with van der Waals surface area (Å²) in [5.74, 6) is 0. The summed E-state index contributed by atoms with van der Waals surface area (Å²) in [6.45, 7) is 8.39. The Labute approximate surface area is 85.5 Å². The highest BCUT2D eigenvalue weighted by atomic mass is 16.2. The van der Waals surface area contributed by atoms with Crippen molar-refractivity contribution in [2.24, 2.45) is 0 Å². The first kappa shape index (κ1) is 10.8. The first-order chi connectivity index (χ1) is 6.77. The van der Waals surface area contributed by atoms with E-state index in [9.17, 15) is 4.79 Å². The molecule has 0 spiro atoms. The Morgan fingerprint density at radius 2 is 1.93 bits per heavy atom. The van der Waals surface area contributed by atoms with Gasteiger partial charge in [0.1, 0.15) is 0 Å². The quantitative estimate of drug-likeness (QED) is 0.666. The standard InChI is InChI=1S/C11H18N2O/c1-3-8-13(9-4-2)11(14)12-10-6-5-7-10/h3-4,10H,1-2,5-9H2,(H,12,14). The first-order valence-electron chi connectivity index (χ1n) is 5.05. The molecule has 0 radical (unpaired) electrons. The van der Waals surface area contributed by atoms with E-state index in [1.54, 1.807) is 17.1 Å². The maximum absolute atomic E-state index is 11.6. The lowest BCUT2D eigenvalue weighted by atomic mass is 9.93. The minimum atomic E-state index is -0.00509. The van der Waals surface area contributed by atoms with Crippen LogP contribution in [0.4, 0.5) is 4.79 Å². The second-order valence-electron chi connectivity index (χ2n) is 3.56. The molecule has 0 aromatic rings. The third kappa shape index (κ3) is 2.91. The summed E-state index contributed by atoms with van der Waals surface area (Å²) in [6.07, 6.45) is 6.91. The maximum atomic E-state index is 11.6. The van der Waals surface area contributed by atoms with Crippen LogP contribution in [0, 0.1) is 0 Å². The Balaban J connectivity index is 2.35. The molecule has 1 aliphatic carbocycles. The van der Waals surface area contributed by atoms with Crippen molar-refractivity contribution in [2.45, 2.75) is 25.3 Å². The molecule has 0 unspecified atom stereocenters. The summed E-state index contributed by atoms with van der Waals surface area (Å²) in [4.78, 5) is 13.3. The maximum Gasteiger partial charge on any atom is 0.318 e. The molecule has 0 aromatic carbocycles. The molecule has 1 fully saturated rings. The number of rotatable bonds is 5. The van der Waals surface area contributed by atoms with Gasteiger partial charge in [-0.1, -0.05) is 12.2 Å². The van der Waals surface area contributed by atoms with E-state index < -0.39 is 0 Å². The lowest BCUT2D eigenvalue weighted by molar-refractivity contribution is 0.196. The molecule has 14 heavy (non-hydrogen) atoms. The summed E-state index contributed by atoms with van der Waals surface area (Å²) < 4.78 is 0. The van der Waals surface area contributed by atoms with E-state index in [1.807, 2.05) is 0 Å². The van der Waals surface area contributed by atoms with Crippen LogP contribution in [0.25, 0.3) is 0 Å². The van der Waals surface area contributed by atoms with Crippen molar-refractivity contribution < 1.29 is 4.79 Å². The Hall–Kier alpha value is -1.25. The van der Waals surface area contributed by atoms with Gasteiger partial charge in [0.15, 0.2) is 0 Å². The normalized spacial score (nSPS) is 15.4. The van der Waals surface area contributed by atoms with E-state index in [-0.39, 0.29) is 6.03 Å². The number of hydrogen-bond acceptors (Lipinski definition) is 1. The minimum Gasteiger partial charge on any atom is -0.335 e. The molecule has 78 valence electrons. The summed E-state index contributed by atoms with van der Waals surface area (Å²) in [6, 6.07) is 0.383.